The molecule has 78 valence electrons. The van der Waals surface area contributed by atoms with Gasteiger partial charge >= 0.3 is 5.97 Å². The van der Waals surface area contributed by atoms with Gasteiger partial charge in [-0.1, -0.05) is 17.7 Å². The summed E-state index contributed by atoms with van der Waals surface area (Å²) in [5, 5.41) is 18.8. The highest BCUT2D eigenvalue weighted by atomic mass is 35.5. The molecule has 0 bridgehead atoms. The summed E-state index contributed by atoms with van der Waals surface area (Å²) in [6.07, 6.45) is 0. The minimum Gasteiger partial charge on any atom is -0.476 e. The summed E-state index contributed by atoms with van der Waals surface area (Å²) in [7, 11) is 0. The molecule has 0 saturated heterocycles. The van der Waals surface area contributed by atoms with Crippen LogP contribution in [0.4, 0.5) is 0 Å². The fourth-order valence-electron chi connectivity index (χ4n) is 1.46. The summed E-state index contributed by atoms with van der Waals surface area (Å²) in [6, 6.07) is 8.19. The fourth-order valence-corrected chi connectivity index (χ4v) is 1.66. The molecule has 0 amide bonds. The van der Waals surface area contributed by atoms with E-state index in [1.165, 1.54) is 6.07 Å². The molecule has 1 aromatic heterocycles. The molecule has 1 aromatic carbocycles. The Bertz CT molecular complexity index is 632. The quantitative estimate of drug-likeness (QED) is 0.767. The van der Waals surface area contributed by atoms with Crippen molar-refractivity contribution in [1.82, 2.24) is 4.98 Å². The van der Waals surface area contributed by atoms with Crippen molar-refractivity contribution in [1.29, 1.82) is 5.26 Å². The largest absolute Gasteiger partial charge is 0.476 e. The molecule has 0 aliphatic rings. The summed E-state index contributed by atoms with van der Waals surface area (Å²) in [6.45, 7) is 0. The van der Waals surface area contributed by atoms with Gasteiger partial charge in [0.2, 0.25) is 0 Å². The maximum Gasteiger partial charge on any atom is 0.355 e. The third-order valence-corrected chi connectivity index (χ3v) is 2.33. The summed E-state index contributed by atoms with van der Waals surface area (Å²) in [4.78, 5) is 14.7. The van der Waals surface area contributed by atoms with Crippen LogP contribution in [0.15, 0.2) is 24.3 Å². The number of aromatic nitrogens is 1. The molecule has 0 aliphatic heterocycles. The van der Waals surface area contributed by atoms with Gasteiger partial charge in [0.25, 0.3) is 0 Å². The van der Waals surface area contributed by atoms with Crippen LogP contribution >= 0.6 is 11.6 Å². The number of pyridine rings is 1. The second-order valence-corrected chi connectivity index (χ2v) is 3.53. The lowest BCUT2D eigenvalue weighted by molar-refractivity contribution is 0.0693. The van der Waals surface area contributed by atoms with E-state index >= 15 is 0 Å². The highest BCUT2D eigenvalue weighted by Gasteiger charge is 2.12. The molecule has 0 radical (unpaired) electrons. The van der Waals surface area contributed by atoms with Gasteiger partial charge in [-0.15, -0.1) is 0 Å². The van der Waals surface area contributed by atoms with E-state index in [1.54, 1.807) is 18.2 Å². The number of carboxylic acids is 1. The van der Waals surface area contributed by atoms with Gasteiger partial charge in [-0.25, -0.2) is 9.78 Å². The van der Waals surface area contributed by atoms with Gasteiger partial charge in [0.1, 0.15) is 5.15 Å². The lowest BCUT2D eigenvalue weighted by Gasteiger charge is -2.02. The molecule has 4 nitrogen and oxygen atoms in total. The molecular weight excluding hydrogens is 228 g/mol. The lowest BCUT2D eigenvalue weighted by atomic mass is 10.1. The highest BCUT2D eigenvalue weighted by molar-refractivity contribution is 6.30. The molecule has 16 heavy (non-hydrogen) atoms. The van der Waals surface area contributed by atoms with Gasteiger partial charge in [0.15, 0.2) is 5.69 Å². The second kappa shape index (κ2) is 3.80. The molecule has 0 fully saturated rings. The second-order valence-electron chi connectivity index (χ2n) is 3.15. The van der Waals surface area contributed by atoms with Gasteiger partial charge in [-0.2, -0.15) is 5.26 Å². The number of rotatable bonds is 1. The maximum atomic E-state index is 10.9. The van der Waals surface area contributed by atoms with E-state index in [9.17, 15) is 4.79 Å². The van der Waals surface area contributed by atoms with E-state index in [1.807, 2.05) is 6.07 Å². The molecule has 5 heteroatoms. The Labute approximate surface area is 95.7 Å². The van der Waals surface area contributed by atoms with E-state index in [4.69, 9.17) is 22.0 Å². The van der Waals surface area contributed by atoms with Crippen molar-refractivity contribution >= 4 is 28.3 Å². The van der Waals surface area contributed by atoms with Gasteiger partial charge < -0.3 is 5.11 Å². The molecule has 2 aromatic rings. The zero-order valence-corrected chi connectivity index (χ0v) is 8.69. The van der Waals surface area contributed by atoms with Gasteiger partial charge in [0.05, 0.1) is 11.6 Å². The number of hydrogen-bond acceptors (Lipinski definition) is 3. The SMILES string of the molecule is N#Cc1ccc2c(C(=O)O)nc(Cl)cc2c1. The Morgan fingerprint density at radius 2 is 2.19 bits per heavy atom. The Morgan fingerprint density at radius 1 is 1.44 bits per heavy atom. The first-order valence-electron chi connectivity index (χ1n) is 4.35. The number of benzene rings is 1. The third kappa shape index (κ3) is 1.69. The van der Waals surface area contributed by atoms with E-state index in [0.717, 1.165) is 0 Å². The topological polar surface area (TPSA) is 74.0 Å². The average Bonchev–Trinajstić information content (AvgIpc) is 2.26. The fraction of sp³-hybridized carbons (Fsp3) is 0. The minimum atomic E-state index is -1.14. The van der Waals surface area contributed by atoms with Gasteiger partial charge in [0, 0.05) is 5.39 Å². The number of hydrogen-bond donors (Lipinski definition) is 1. The normalized spacial score (nSPS) is 10.0. The number of carboxylic acid groups (broad SMARTS) is 1. The number of fused-ring (bicyclic) bond motifs is 1. The van der Waals surface area contributed by atoms with Crippen molar-refractivity contribution in [3.8, 4) is 6.07 Å². The first kappa shape index (κ1) is 10.4. The van der Waals surface area contributed by atoms with Crippen LogP contribution < -0.4 is 0 Å². The molecule has 2 rings (SSSR count). The molecule has 1 heterocycles. The summed E-state index contributed by atoms with van der Waals surface area (Å²) in [5.41, 5.74) is 0.345. The molecule has 0 atom stereocenters. The van der Waals surface area contributed by atoms with Crippen LogP contribution in [0.1, 0.15) is 16.1 Å². The van der Waals surface area contributed by atoms with Crippen molar-refractivity contribution in [3.05, 3.63) is 40.7 Å². The van der Waals surface area contributed by atoms with Crippen molar-refractivity contribution in [2.45, 2.75) is 0 Å². The van der Waals surface area contributed by atoms with Crippen LogP contribution in [0.3, 0.4) is 0 Å². The van der Waals surface area contributed by atoms with Crippen LogP contribution in [0.5, 0.6) is 0 Å². The third-order valence-electron chi connectivity index (χ3n) is 2.13. The van der Waals surface area contributed by atoms with Crippen molar-refractivity contribution in [2.24, 2.45) is 0 Å². The van der Waals surface area contributed by atoms with Crippen molar-refractivity contribution in [3.63, 3.8) is 0 Å². The van der Waals surface area contributed by atoms with Crippen LogP contribution in [0, 0.1) is 11.3 Å². The molecule has 1 N–H and O–H groups in total. The van der Waals surface area contributed by atoms with Crippen LogP contribution in [-0.2, 0) is 0 Å². The smallest absolute Gasteiger partial charge is 0.355 e. The summed E-state index contributed by atoms with van der Waals surface area (Å²) >= 11 is 5.71. The summed E-state index contributed by atoms with van der Waals surface area (Å²) in [5.74, 6) is -1.14. The molecular formula is C11H5ClN2O2. The zero-order chi connectivity index (χ0) is 11.7. The van der Waals surface area contributed by atoms with Gasteiger partial charge in [-0.05, 0) is 23.6 Å². The van der Waals surface area contributed by atoms with E-state index in [-0.39, 0.29) is 10.8 Å². The maximum absolute atomic E-state index is 10.9. The highest BCUT2D eigenvalue weighted by Crippen LogP contribution is 2.22. The van der Waals surface area contributed by atoms with Gasteiger partial charge in [-0.3, -0.25) is 0 Å². The molecule has 0 spiro atoms. The zero-order valence-electron chi connectivity index (χ0n) is 7.94. The Balaban J connectivity index is 2.84. The number of nitrogens with zero attached hydrogens (tertiary/aromatic N) is 2. The number of carbonyl (C=O) groups is 1. The van der Waals surface area contributed by atoms with Crippen LogP contribution in [-0.4, -0.2) is 16.1 Å². The van der Waals surface area contributed by atoms with Crippen LogP contribution in [0.25, 0.3) is 10.8 Å². The van der Waals surface area contributed by atoms with E-state index in [0.29, 0.717) is 16.3 Å². The van der Waals surface area contributed by atoms with Crippen molar-refractivity contribution in [2.75, 3.05) is 0 Å². The first-order valence-corrected chi connectivity index (χ1v) is 4.73. The monoisotopic (exact) mass is 232 g/mol. The van der Waals surface area contributed by atoms with E-state index < -0.39 is 5.97 Å². The molecule has 0 unspecified atom stereocenters. The molecule has 0 saturated carbocycles. The molecule has 0 aliphatic carbocycles. The minimum absolute atomic E-state index is 0.0972. The first-order chi connectivity index (χ1) is 7.61. The summed E-state index contributed by atoms with van der Waals surface area (Å²) < 4.78 is 0. The number of nitriles is 1. The Hall–Kier alpha value is -2.12. The van der Waals surface area contributed by atoms with E-state index in [2.05, 4.69) is 4.98 Å². The Kier molecular flexibility index (Phi) is 2.47. The van der Waals surface area contributed by atoms with Crippen LogP contribution in [0.2, 0.25) is 5.15 Å². The average molecular weight is 233 g/mol. The predicted molar refractivity (Wildman–Crippen MR) is 58.4 cm³/mol. The lowest BCUT2D eigenvalue weighted by Crippen LogP contribution is -2.01. The standard InChI is InChI=1S/C11H5ClN2O2/c12-9-4-7-3-6(5-13)1-2-8(7)10(14-9)11(15)16/h1-4H,(H,15,16). The number of aromatic carboxylic acids is 1. The van der Waals surface area contributed by atoms with Crippen molar-refractivity contribution < 1.29 is 9.90 Å². The predicted octanol–water partition coefficient (Wildman–Crippen LogP) is 2.46. The number of halogens is 1. The Morgan fingerprint density at radius 3 is 2.81 bits per heavy atom.